The lowest BCUT2D eigenvalue weighted by molar-refractivity contribution is 0.0908. The second-order valence-corrected chi connectivity index (χ2v) is 9.05. The third-order valence-corrected chi connectivity index (χ3v) is 6.53. The van der Waals surface area contributed by atoms with Gasteiger partial charge >= 0.3 is 0 Å². The van der Waals surface area contributed by atoms with Crippen molar-refractivity contribution >= 4 is 21.6 Å². The van der Waals surface area contributed by atoms with Crippen LogP contribution in [0.15, 0.2) is 18.2 Å². The maximum atomic E-state index is 12.7. The van der Waals surface area contributed by atoms with Crippen LogP contribution in [0.3, 0.4) is 0 Å². The predicted octanol–water partition coefficient (Wildman–Crippen LogP) is 1.65. The quantitative estimate of drug-likeness (QED) is 0.848. The topological polar surface area (TPSA) is 92.5 Å². The number of aryl methyl sites for hydroxylation is 1. The van der Waals surface area contributed by atoms with E-state index in [1.807, 2.05) is 6.07 Å². The second kappa shape index (κ2) is 7.33. The van der Waals surface area contributed by atoms with Gasteiger partial charge in [0.1, 0.15) is 0 Å². The van der Waals surface area contributed by atoms with Gasteiger partial charge in [-0.15, -0.1) is 0 Å². The zero-order chi connectivity index (χ0) is 18.0. The number of anilines is 1. The number of carbonyl (C=O) groups is 1. The van der Waals surface area contributed by atoms with Crippen molar-refractivity contribution in [2.24, 2.45) is 11.7 Å². The van der Waals surface area contributed by atoms with E-state index < -0.39 is 10.0 Å². The molecule has 0 radical (unpaired) electrons. The van der Waals surface area contributed by atoms with Gasteiger partial charge in [0.05, 0.1) is 11.9 Å². The standard InChI is InChI=1S/C18H27N3O3S/c1-25(23,24)21-10-4-6-13-11-14(8-9-17(13)21)18(22)20-16-7-3-2-5-15(16)12-19/h8-9,11,15-16H,2-7,10,12,19H2,1H3,(H,20,22). The third-order valence-electron chi connectivity index (χ3n) is 5.35. The summed E-state index contributed by atoms with van der Waals surface area (Å²) in [7, 11) is -3.29. The van der Waals surface area contributed by atoms with Crippen LogP contribution in [-0.2, 0) is 16.4 Å². The van der Waals surface area contributed by atoms with E-state index in [1.165, 1.54) is 17.0 Å². The number of nitrogens with two attached hydrogens (primary N) is 1. The molecule has 1 aromatic carbocycles. The van der Waals surface area contributed by atoms with Crippen molar-refractivity contribution in [3.8, 4) is 0 Å². The largest absolute Gasteiger partial charge is 0.349 e. The molecule has 1 aliphatic heterocycles. The molecule has 0 saturated heterocycles. The van der Waals surface area contributed by atoms with Crippen LogP contribution in [-0.4, -0.2) is 39.7 Å². The van der Waals surface area contributed by atoms with Gasteiger partial charge in [0.15, 0.2) is 0 Å². The van der Waals surface area contributed by atoms with Crippen LogP contribution >= 0.6 is 0 Å². The Morgan fingerprint density at radius 3 is 2.76 bits per heavy atom. The number of rotatable bonds is 4. The van der Waals surface area contributed by atoms with E-state index in [2.05, 4.69) is 5.32 Å². The molecule has 1 heterocycles. The van der Waals surface area contributed by atoms with Crippen molar-refractivity contribution in [3.05, 3.63) is 29.3 Å². The second-order valence-electron chi connectivity index (χ2n) is 7.14. The summed E-state index contributed by atoms with van der Waals surface area (Å²) in [5, 5.41) is 3.13. The number of benzene rings is 1. The highest BCUT2D eigenvalue weighted by Gasteiger charge is 2.27. The molecule has 1 aliphatic carbocycles. The Morgan fingerprint density at radius 1 is 1.28 bits per heavy atom. The monoisotopic (exact) mass is 365 g/mol. The van der Waals surface area contributed by atoms with E-state index in [0.717, 1.165) is 37.7 Å². The summed E-state index contributed by atoms with van der Waals surface area (Å²) in [6.07, 6.45) is 7.11. The lowest BCUT2D eigenvalue weighted by Crippen LogP contribution is -2.44. The van der Waals surface area contributed by atoms with Crippen molar-refractivity contribution in [2.45, 2.75) is 44.6 Å². The minimum Gasteiger partial charge on any atom is -0.349 e. The molecule has 1 fully saturated rings. The van der Waals surface area contributed by atoms with Gasteiger partial charge in [-0.2, -0.15) is 0 Å². The molecule has 2 unspecified atom stereocenters. The van der Waals surface area contributed by atoms with E-state index in [1.54, 1.807) is 12.1 Å². The first-order valence-corrected chi connectivity index (χ1v) is 10.9. The highest BCUT2D eigenvalue weighted by Crippen LogP contribution is 2.30. The molecule has 3 rings (SSSR count). The van der Waals surface area contributed by atoms with Crippen LogP contribution in [0.5, 0.6) is 0 Å². The Hall–Kier alpha value is -1.60. The minimum atomic E-state index is -3.29. The lowest BCUT2D eigenvalue weighted by atomic mass is 9.84. The zero-order valence-corrected chi connectivity index (χ0v) is 15.5. The number of nitrogens with zero attached hydrogens (tertiary/aromatic N) is 1. The number of sulfonamides is 1. The van der Waals surface area contributed by atoms with Gasteiger partial charge in [0.2, 0.25) is 10.0 Å². The molecule has 138 valence electrons. The van der Waals surface area contributed by atoms with Gasteiger partial charge in [0, 0.05) is 18.2 Å². The van der Waals surface area contributed by atoms with Gasteiger partial charge in [-0.1, -0.05) is 12.8 Å². The number of nitrogens with one attached hydrogen (secondary N) is 1. The molecule has 2 atom stereocenters. The first-order chi connectivity index (χ1) is 11.9. The lowest BCUT2D eigenvalue weighted by Gasteiger charge is -2.32. The number of hydrogen-bond donors (Lipinski definition) is 2. The van der Waals surface area contributed by atoms with Gasteiger partial charge in [-0.05, 0) is 61.9 Å². The molecule has 1 aromatic rings. The molecule has 0 bridgehead atoms. The van der Waals surface area contributed by atoms with E-state index in [9.17, 15) is 13.2 Å². The Labute approximate surface area is 149 Å². The normalized spacial score (nSPS) is 23.8. The predicted molar refractivity (Wildman–Crippen MR) is 99.2 cm³/mol. The van der Waals surface area contributed by atoms with Gasteiger partial charge < -0.3 is 11.1 Å². The molecule has 1 saturated carbocycles. The number of carbonyl (C=O) groups excluding carboxylic acids is 1. The summed E-state index contributed by atoms with van der Waals surface area (Å²) < 4.78 is 25.3. The summed E-state index contributed by atoms with van der Waals surface area (Å²) in [4.78, 5) is 12.7. The van der Waals surface area contributed by atoms with Crippen LogP contribution in [0.2, 0.25) is 0 Å². The molecular weight excluding hydrogens is 338 g/mol. The first-order valence-electron chi connectivity index (χ1n) is 9.01. The smallest absolute Gasteiger partial charge is 0.251 e. The maximum absolute atomic E-state index is 12.7. The highest BCUT2D eigenvalue weighted by molar-refractivity contribution is 7.92. The minimum absolute atomic E-state index is 0.0929. The molecule has 1 amide bonds. The Morgan fingerprint density at radius 2 is 2.04 bits per heavy atom. The van der Waals surface area contributed by atoms with Crippen molar-refractivity contribution in [2.75, 3.05) is 23.7 Å². The summed E-state index contributed by atoms with van der Waals surface area (Å²) >= 11 is 0. The summed E-state index contributed by atoms with van der Waals surface area (Å²) in [6, 6.07) is 5.45. The Balaban J connectivity index is 1.78. The van der Waals surface area contributed by atoms with Crippen LogP contribution in [0, 0.1) is 5.92 Å². The van der Waals surface area contributed by atoms with E-state index in [4.69, 9.17) is 5.73 Å². The van der Waals surface area contributed by atoms with Gasteiger partial charge in [-0.3, -0.25) is 9.10 Å². The SMILES string of the molecule is CS(=O)(=O)N1CCCc2cc(C(=O)NC3CCCCC3CN)ccc21. The van der Waals surface area contributed by atoms with Crippen LogP contribution < -0.4 is 15.4 Å². The molecule has 0 aromatic heterocycles. The molecule has 7 heteroatoms. The van der Waals surface area contributed by atoms with Crippen molar-refractivity contribution in [1.82, 2.24) is 5.32 Å². The fourth-order valence-electron chi connectivity index (χ4n) is 3.98. The van der Waals surface area contributed by atoms with E-state index in [0.29, 0.717) is 30.3 Å². The number of hydrogen-bond acceptors (Lipinski definition) is 4. The summed E-state index contributed by atoms with van der Waals surface area (Å²) in [5.41, 5.74) is 8.05. The maximum Gasteiger partial charge on any atom is 0.251 e. The molecule has 2 aliphatic rings. The summed E-state index contributed by atoms with van der Waals surface area (Å²) in [5.74, 6) is 0.251. The molecule has 25 heavy (non-hydrogen) atoms. The average molecular weight is 365 g/mol. The van der Waals surface area contributed by atoms with Gasteiger partial charge in [0.25, 0.3) is 5.91 Å². The molecule has 6 nitrogen and oxygen atoms in total. The average Bonchev–Trinajstić information content (AvgIpc) is 2.60. The number of fused-ring (bicyclic) bond motifs is 1. The van der Waals surface area contributed by atoms with Crippen molar-refractivity contribution in [1.29, 1.82) is 0 Å². The van der Waals surface area contributed by atoms with E-state index in [-0.39, 0.29) is 11.9 Å². The third kappa shape index (κ3) is 3.98. The Bertz CT molecular complexity index is 748. The van der Waals surface area contributed by atoms with Gasteiger partial charge in [-0.25, -0.2) is 8.42 Å². The Kier molecular flexibility index (Phi) is 5.34. The molecular formula is C18H27N3O3S. The first kappa shape index (κ1) is 18.2. The zero-order valence-electron chi connectivity index (χ0n) is 14.7. The van der Waals surface area contributed by atoms with Crippen molar-refractivity contribution in [3.63, 3.8) is 0 Å². The molecule has 3 N–H and O–H groups in total. The number of amides is 1. The van der Waals surface area contributed by atoms with Crippen LogP contribution in [0.4, 0.5) is 5.69 Å². The van der Waals surface area contributed by atoms with Crippen LogP contribution in [0.25, 0.3) is 0 Å². The fraction of sp³-hybridized carbons (Fsp3) is 0.611. The molecule has 0 spiro atoms. The summed E-state index contributed by atoms with van der Waals surface area (Å²) in [6.45, 7) is 1.09. The van der Waals surface area contributed by atoms with E-state index >= 15 is 0 Å². The highest BCUT2D eigenvalue weighted by atomic mass is 32.2. The van der Waals surface area contributed by atoms with Crippen LogP contribution in [0.1, 0.15) is 48.0 Å². The van der Waals surface area contributed by atoms with Crippen molar-refractivity contribution < 1.29 is 13.2 Å². The fourth-order valence-corrected chi connectivity index (χ4v) is 4.98.